The Labute approximate surface area is 69.8 Å². The van der Waals surface area contributed by atoms with E-state index in [4.69, 9.17) is 10.8 Å². The van der Waals surface area contributed by atoms with Crippen LogP contribution in [-0.2, 0) is 13.5 Å². The molecule has 5 heteroatoms. The van der Waals surface area contributed by atoms with Crippen molar-refractivity contribution in [3.63, 3.8) is 0 Å². The number of carboxylic acid groups (broad SMARTS) is 1. The third-order valence-corrected chi connectivity index (χ3v) is 1.67. The summed E-state index contributed by atoms with van der Waals surface area (Å²) in [4.78, 5) is 14.5. The molecule has 0 fully saturated rings. The molecule has 0 aliphatic rings. The number of carbonyl (C=O) groups is 1. The van der Waals surface area contributed by atoms with Crippen LogP contribution >= 0.6 is 0 Å². The minimum Gasteiger partial charge on any atom is -0.477 e. The van der Waals surface area contributed by atoms with E-state index >= 15 is 0 Å². The van der Waals surface area contributed by atoms with Crippen LogP contribution in [0.15, 0.2) is 6.20 Å². The second-order valence-electron chi connectivity index (χ2n) is 2.46. The standard InChI is InChI=1S/C7H11N3O2/c1-10-5(7(11)12)4-9-6(10)2-3-8/h4H,2-3,8H2,1H3,(H,11,12). The molecular formula is C7H11N3O2. The number of carboxylic acids is 1. The van der Waals surface area contributed by atoms with Crippen LogP contribution < -0.4 is 5.73 Å². The Balaban J connectivity index is 2.96. The van der Waals surface area contributed by atoms with Gasteiger partial charge in [-0.2, -0.15) is 0 Å². The van der Waals surface area contributed by atoms with Gasteiger partial charge in [-0.15, -0.1) is 0 Å². The second kappa shape index (κ2) is 3.36. The van der Waals surface area contributed by atoms with E-state index in [1.54, 1.807) is 7.05 Å². The van der Waals surface area contributed by atoms with Crippen molar-refractivity contribution in [2.75, 3.05) is 6.54 Å². The molecule has 0 aliphatic heterocycles. The van der Waals surface area contributed by atoms with Gasteiger partial charge in [-0.3, -0.25) is 0 Å². The van der Waals surface area contributed by atoms with Gasteiger partial charge in [-0.1, -0.05) is 0 Å². The number of nitrogens with two attached hydrogens (primary N) is 1. The largest absolute Gasteiger partial charge is 0.477 e. The molecule has 0 aliphatic carbocycles. The minimum absolute atomic E-state index is 0.193. The molecule has 1 aromatic heterocycles. The molecule has 0 amide bonds. The van der Waals surface area contributed by atoms with Gasteiger partial charge in [0.2, 0.25) is 0 Å². The van der Waals surface area contributed by atoms with Crippen molar-refractivity contribution in [3.8, 4) is 0 Å². The third kappa shape index (κ3) is 1.45. The summed E-state index contributed by atoms with van der Waals surface area (Å²) in [5, 5.41) is 8.66. The fourth-order valence-corrected chi connectivity index (χ4v) is 1.01. The predicted molar refractivity (Wildman–Crippen MR) is 42.9 cm³/mol. The van der Waals surface area contributed by atoms with Gasteiger partial charge in [-0.05, 0) is 6.54 Å². The number of aromatic carboxylic acids is 1. The highest BCUT2D eigenvalue weighted by molar-refractivity contribution is 5.85. The number of aromatic nitrogens is 2. The van der Waals surface area contributed by atoms with Crippen molar-refractivity contribution < 1.29 is 9.90 Å². The highest BCUT2D eigenvalue weighted by Gasteiger charge is 2.10. The van der Waals surface area contributed by atoms with Crippen LogP contribution in [0.4, 0.5) is 0 Å². The van der Waals surface area contributed by atoms with E-state index in [2.05, 4.69) is 4.98 Å². The normalized spacial score (nSPS) is 10.2. The smallest absolute Gasteiger partial charge is 0.354 e. The maximum Gasteiger partial charge on any atom is 0.354 e. The SMILES string of the molecule is Cn1c(C(=O)O)cnc1CCN. The molecule has 0 saturated heterocycles. The summed E-state index contributed by atoms with van der Waals surface area (Å²) in [6, 6.07) is 0. The van der Waals surface area contributed by atoms with Gasteiger partial charge in [0.05, 0.1) is 6.20 Å². The van der Waals surface area contributed by atoms with Crippen LogP contribution in [0.1, 0.15) is 16.3 Å². The number of rotatable bonds is 3. The van der Waals surface area contributed by atoms with Crippen molar-refractivity contribution >= 4 is 5.97 Å². The fraction of sp³-hybridized carbons (Fsp3) is 0.429. The minimum atomic E-state index is -0.965. The first-order valence-corrected chi connectivity index (χ1v) is 3.60. The topological polar surface area (TPSA) is 81.1 Å². The predicted octanol–water partition coefficient (Wildman–Crippen LogP) is -0.381. The van der Waals surface area contributed by atoms with E-state index in [-0.39, 0.29) is 5.69 Å². The lowest BCUT2D eigenvalue weighted by Crippen LogP contribution is -2.11. The highest BCUT2D eigenvalue weighted by atomic mass is 16.4. The van der Waals surface area contributed by atoms with Crippen molar-refractivity contribution in [2.45, 2.75) is 6.42 Å². The molecule has 1 rings (SSSR count). The zero-order chi connectivity index (χ0) is 9.14. The molecule has 0 aromatic carbocycles. The zero-order valence-electron chi connectivity index (χ0n) is 6.82. The molecule has 1 heterocycles. The maximum atomic E-state index is 10.5. The van der Waals surface area contributed by atoms with Crippen molar-refractivity contribution in [3.05, 3.63) is 17.7 Å². The Kier molecular flexibility index (Phi) is 2.44. The first-order chi connectivity index (χ1) is 5.66. The zero-order valence-corrected chi connectivity index (χ0v) is 6.82. The van der Waals surface area contributed by atoms with Crippen LogP contribution in [-0.4, -0.2) is 27.2 Å². The number of imidazole rings is 1. The molecule has 66 valence electrons. The molecule has 0 saturated carbocycles. The molecule has 0 unspecified atom stereocenters. The fourth-order valence-electron chi connectivity index (χ4n) is 1.01. The summed E-state index contributed by atoms with van der Waals surface area (Å²) in [6.07, 6.45) is 1.94. The van der Waals surface area contributed by atoms with Crippen molar-refractivity contribution in [2.24, 2.45) is 12.8 Å². The van der Waals surface area contributed by atoms with Gasteiger partial charge in [-0.25, -0.2) is 9.78 Å². The maximum absolute atomic E-state index is 10.5. The monoisotopic (exact) mass is 169 g/mol. The van der Waals surface area contributed by atoms with E-state index < -0.39 is 5.97 Å². The molecule has 0 atom stereocenters. The Morgan fingerprint density at radius 1 is 1.83 bits per heavy atom. The Hall–Kier alpha value is -1.36. The van der Waals surface area contributed by atoms with Gasteiger partial charge < -0.3 is 15.4 Å². The molecule has 12 heavy (non-hydrogen) atoms. The summed E-state index contributed by atoms with van der Waals surface area (Å²) in [5.74, 6) is -0.261. The van der Waals surface area contributed by atoms with Crippen LogP contribution in [0.3, 0.4) is 0 Å². The Morgan fingerprint density at radius 2 is 2.50 bits per heavy atom. The molecule has 1 aromatic rings. The summed E-state index contributed by atoms with van der Waals surface area (Å²) >= 11 is 0. The van der Waals surface area contributed by atoms with Gasteiger partial charge in [0.1, 0.15) is 11.5 Å². The van der Waals surface area contributed by atoms with Crippen LogP contribution in [0, 0.1) is 0 Å². The van der Waals surface area contributed by atoms with Gasteiger partial charge in [0.15, 0.2) is 0 Å². The Morgan fingerprint density at radius 3 is 2.92 bits per heavy atom. The van der Waals surface area contributed by atoms with Gasteiger partial charge in [0.25, 0.3) is 0 Å². The quantitative estimate of drug-likeness (QED) is 0.646. The first-order valence-electron chi connectivity index (χ1n) is 3.60. The van der Waals surface area contributed by atoms with E-state index in [0.29, 0.717) is 18.8 Å². The number of hydrogen-bond donors (Lipinski definition) is 2. The summed E-state index contributed by atoms with van der Waals surface area (Å²) in [7, 11) is 1.67. The molecule has 0 bridgehead atoms. The molecular weight excluding hydrogens is 158 g/mol. The van der Waals surface area contributed by atoms with Crippen LogP contribution in [0.5, 0.6) is 0 Å². The second-order valence-corrected chi connectivity index (χ2v) is 2.46. The number of hydrogen-bond acceptors (Lipinski definition) is 3. The van der Waals surface area contributed by atoms with Gasteiger partial charge >= 0.3 is 5.97 Å². The van der Waals surface area contributed by atoms with E-state index in [1.165, 1.54) is 10.8 Å². The number of nitrogens with zero attached hydrogens (tertiary/aromatic N) is 2. The molecule has 0 radical (unpaired) electrons. The highest BCUT2D eigenvalue weighted by Crippen LogP contribution is 2.02. The lowest BCUT2D eigenvalue weighted by Gasteiger charge is -2.00. The van der Waals surface area contributed by atoms with Crippen LogP contribution in [0.25, 0.3) is 0 Å². The first kappa shape index (κ1) is 8.73. The van der Waals surface area contributed by atoms with E-state index in [0.717, 1.165) is 0 Å². The average molecular weight is 169 g/mol. The Bertz CT molecular complexity index is 293. The summed E-state index contributed by atoms with van der Waals surface area (Å²) in [6.45, 7) is 0.476. The van der Waals surface area contributed by atoms with Crippen molar-refractivity contribution in [1.82, 2.24) is 9.55 Å². The summed E-state index contributed by atoms with van der Waals surface area (Å²) < 4.78 is 1.54. The molecule has 5 nitrogen and oxygen atoms in total. The summed E-state index contributed by atoms with van der Waals surface area (Å²) in [5.41, 5.74) is 5.51. The van der Waals surface area contributed by atoms with Crippen LogP contribution in [0.2, 0.25) is 0 Å². The van der Waals surface area contributed by atoms with E-state index in [9.17, 15) is 4.79 Å². The molecule has 0 spiro atoms. The van der Waals surface area contributed by atoms with E-state index in [1.807, 2.05) is 0 Å². The third-order valence-electron chi connectivity index (χ3n) is 1.67. The molecule has 3 N–H and O–H groups in total. The van der Waals surface area contributed by atoms with Crippen molar-refractivity contribution in [1.29, 1.82) is 0 Å². The average Bonchev–Trinajstić information content (AvgIpc) is 2.34. The lowest BCUT2D eigenvalue weighted by molar-refractivity contribution is 0.0686. The lowest BCUT2D eigenvalue weighted by atomic mass is 10.4. The van der Waals surface area contributed by atoms with Gasteiger partial charge in [0, 0.05) is 13.5 Å².